The number of phenolic OH excluding ortho intramolecular Hbond substituents is 1. The highest BCUT2D eigenvalue weighted by Crippen LogP contribution is 2.64. The number of anilines is 2. The molecular formula is C34H25ClF2N2O8. The zero-order valence-electron chi connectivity index (χ0n) is 24.5. The van der Waals surface area contributed by atoms with Crippen LogP contribution in [-0.4, -0.2) is 44.9 Å². The quantitative estimate of drug-likeness (QED) is 0.256. The number of aromatic hydroxyl groups is 2. The topological polar surface area (TPSA) is 153 Å². The highest BCUT2D eigenvalue weighted by Gasteiger charge is 2.68. The highest BCUT2D eigenvalue weighted by atomic mass is 35.5. The molecule has 0 radical (unpaired) electrons. The Morgan fingerprint density at radius 2 is 1.60 bits per heavy atom. The van der Waals surface area contributed by atoms with E-state index in [4.69, 9.17) is 11.6 Å². The summed E-state index contributed by atoms with van der Waals surface area (Å²) in [6.45, 7) is 1.54. The Morgan fingerprint density at radius 1 is 0.894 bits per heavy atom. The third-order valence-electron chi connectivity index (χ3n) is 10.2. The maximum absolute atomic E-state index is 14.9. The van der Waals surface area contributed by atoms with Gasteiger partial charge in [-0.3, -0.25) is 19.2 Å². The van der Waals surface area contributed by atoms with Gasteiger partial charge in [0.15, 0.2) is 11.6 Å². The molecule has 6 atom stereocenters. The molecule has 0 bridgehead atoms. The molecule has 13 heteroatoms. The smallest absolute Gasteiger partial charge is 0.339 e. The van der Waals surface area contributed by atoms with Crippen LogP contribution in [0.25, 0.3) is 0 Å². The molecule has 3 aromatic carbocycles. The van der Waals surface area contributed by atoms with Gasteiger partial charge in [-0.15, -0.1) is 0 Å². The van der Waals surface area contributed by atoms with Gasteiger partial charge in [-0.1, -0.05) is 35.4 Å². The molecule has 3 N–H and O–H groups in total. The van der Waals surface area contributed by atoms with Crippen molar-refractivity contribution in [2.75, 3.05) is 9.80 Å². The first-order chi connectivity index (χ1) is 22.3. The van der Waals surface area contributed by atoms with Crippen molar-refractivity contribution in [2.45, 2.75) is 25.7 Å². The lowest BCUT2D eigenvalue weighted by atomic mass is 9.51. The van der Waals surface area contributed by atoms with Gasteiger partial charge in [-0.2, -0.15) is 0 Å². The van der Waals surface area contributed by atoms with Crippen molar-refractivity contribution in [3.63, 3.8) is 0 Å². The average Bonchev–Trinajstić information content (AvgIpc) is 3.39. The predicted molar refractivity (Wildman–Crippen MR) is 162 cm³/mol. The third-order valence-corrected chi connectivity index (χ3v) is 10.5. The number of carbonyl (C=O) groups excluding carboxylic acids is 4. The van der Waals surface area contributed by atoms with E-state index in [9.17, 15) is 48.1 Å². The fourth-order valence-electron chi connectivity index (χ4n) is 8.09. The zero-order valence-corrected chi connectivity index (χ0v) is 25.2. The molecule has 2 aliphatic heterocycles. The largest absolute Gasteiger partial charge is 0.507 e. The molecule has 4 amide bonds. The van der Waals surface area contributed by atoms with Crippen LogP contribution < -0.4 is 9.80 Å². The van der Waals surface area contributed by atoms with Crippen LogP contribution in [0.3, 0.4) is 0 Å². The minimum atomic E-state index is -1.60. The Balaban J connectivity index is 1.36. The summed E-state index contributed by atoms with van der Waals surface area (Å²) in [5, 5.41) is 30.2. The van der Waals surface area contributed by atoms with Crippen molar-refractivity contribution in [1.29, 1.82) is 0 Å². The third kappa shape index (κ3) is 4.17. The van der Waals surface area contributed by atoms with Crippen molar-refractivity contribution in [3.05, 3.63) is 94.0 Å². The lowest BCUT2D eigenvalue weighted by Crippen LogP contribution is -2.49. The number of rotatable bonds is 4. The van der Waals surface area contributed by atoms with E-state index in [1.54, 1.807) is 13.0 Å². The van der Waals surface area contributed by atoms with Gasteiger partial charge in [-0.25, -0.2) is 23.4 Å². The molecule has 47 heavy (non-hydrogen) atoms. The summed E-state index contributed by atoms with van der Waals surface area (Å²) in [6.07, 6.45) is 1.70. The monoisotopic (exact) mass is 662 g/mol. The van der Waals surface area contributed by atoms with Crippen LogP contribution in [0, 0.1) is 40.7 Å². The molecule has 2 heterocycles. The summed E-state index contributed by atoms with van der Waals surface area (Å²) in [7, 11) is 0. The van der Waals surface area contributed by atoms with Crippen molar-refractivity contribution in [1.82, 2.24) is 0 Å². The van der Waals surface area contributed by atoms with E-state index in [2.05, 4.69) is 0 Å². The number of hydrogen-bond donors (Lipinski definition) is 3. The van der Waals surface area contributed by atoms with Crippen LogP contribution in [0.5, 0.6) is 11.5 Å². The van der Waals surface area contributed by atoms with E-state index < -0.39 is 93.3 Å². The van der Waals surface area contributed by atoms with E-state index in [1.165, 1.54) is 24.3 Å². The van der Waals surface area contributed by atoms with Crippen molar-refractivity contribution in [3.8, 4) is 11.5 Å². The van der Waals surface area contributed by atoms with E-state index in [-0.39, 0.29) is 34.8 Å². The minimum Gasteiger partial charge on any atom is -0.507 e. The molecule has 240 valence electrons. The highest BCUT2D eigenvalue weighted by molar-refractivity contribution is 6.32. The molecule has 0 aromatic heterocycles. The molecule has 10 nitrogen and oxygen atoms in total. The number of fused-ring (bicyclic) bond motifs is 4. The Bertz CT molecular complexity index is 2000. The van der Waals surface area contributed by atoms with Crippen molar-refractivity contribution >= 4 is 52.6 Å². The second kappa shape index (κ2) is 10.5. The minimum absolute atomic E-state index is 0.0157. The number of allylic oxidation sites excluding steroid dienone is 2. The number of amides is 4. The molecule has 3 fully saturated rings. The van der Waals surface area contributed by atoms with Crippen LogP contribution >= 0.6 is 11.6 Å². The Morgan fingerprint density at radius 3 is 2.28 bits per heavy atom. The fraction of sp³-hybridized carbons (Fsp3) is 0.265. The molecule has 7 rings (SSSR count). The number of nitrogens with zero attached hydrogens (tertiary/aromatic N) is 2. The predicted octanol–water partition coefficient (Wildman–Crippen LogP) is 5.16. The van der Waals surface area contributed by atoms with Crippen LogP contribution in [0.4, 0.5) is 20.2 Å². The first-order valence-electron chi connectivity index (χ1n) is 14.7. The summed E-state index contributed by atoms with van der Waals surface area (Å²) in [6, 6.07) is 10.6. The number of carboxylic acid groups (broad SMARTS) is 1. The molecule has 2 saturated heterocycles. The van der Waals surface area contributed by atoms with Crippen LogP contribution in [0.15, 0.2) is 66.2 Å². The standard InChI is InChI=1S/C34H25ClF2N2O8/c1-34-21(30(43)39(33(34)47)14-6-10-23(36)22(35)11-14)13-20-16(27(34)19-3-2-4-24(37)28(19)41)8-9-18-26(20)31(44)38(29(18)42)15-5-7-17(32(45)46)25(40)12-15/h2-8,10-12,18,20-21,26-27,40-41H,9,13H2,1H3,(H,45,46). The number of hydrogen-bond acceptors (Lipinski definition) is 7. The molecule has 1 saturated carbocycles. The Labute approximate surface area is 270 Å². The second-order valence-corrected chi connectivity index (χ2v) is 12.9. The number of para-hydroxylation sites is 1. The van der Waals surface area contributed by atoms with Crippen LogP contribution in [-0.2, 0) is 19.2 Å². The molecule has 4 aliphatic rings. The van der Waals surface area contributed by atoms with Gasteiger partial charge in [0.2, 0.25) is 23.6 Å². The number of aromatic carboxylic acids is 1. The number of phenols is 2. The first kappa shape index (κ1) is 30.5. The van der Waals surface area contributed by atoms with Crippen LogP contribution in [0.2, 0.25) is 5.02 Å². The molecule has 6 unspecified atom stereocenters. The zero-order chi connectivity index (χ0) is 33.7. The van der Waals surface area contributed by atoms with Gasteiger partial charge in [0.05, 0.1) is 39.6 Å². The molecular weight excluding hydrogens is 638 g/mol. The number of benzene rings is 3. The summed E-state index contributed by atoms with van der Waals surface area (Å²) in [4.78, 5) is 69.6. The van der Waals surface area contributed by atoms with Gasteiger partial charge in [0, 0.05) is 17.5 Å². The number of imide groups is 2. The number of halogens is 3. The lowest BCUT2D eigenvalue weighted by Gasteiger charge is -2.49. The summed E-state index contributed by atoms with van der Waals surface area (Å²) >= 11 is 6.00. The maximum atomic E-state index is 14.9. The Hall–Kier alpha value is -5.10. The van der Waals surface area contributed by atoms with Gasteiger partial charge in [0.25, 0.3) is 0 Å². The normalized spacial score (nSPS) is 28.3. The number of carbonyl (C=O) groups is 5. The molecule has 0 spiro atoms. The maximum Gasteiger partial charge on any atom is 0.339 e. The summed E-state index contributed by atoms with van der Waals surface area (Å²) in [5.41, 5.74) is -1.53. The lowest BCUT2D eigenvalue weighted by molar-refractivity contribution is -0.131. The van der Waals surface area contributed by atoms with Crippen molar-refractivity contribution in [2.24, 2.45) is 29.1 Å². The van der Waals surface area contributed by atoms with Gasteiger partial charge in [0.1, 0.15) is 17.1 Å². The van der Waals surface area contributed by atoms with E-state index >= 15 is 0 Å². The van der Waals surface area contributed by atoms with E-state index in [0.717, 1.165) is 40.1 Å². The number of carboxylic acids is 1. The first-order valence-corrected chi connectivity index (χ1v) is 15.1. The van der Waals surface area contributed by atoms with E-state index in [0.29, 0.717) is 5.57 Å². The van der Waals surface area contributed by atoms with Crippen molar-refractivity contribution < 1.29 is 48.1 Å². The summed E-state index contributed by atoms with van der Waals surface area (Å²) < 4.78 is 28.9. The summed E-state index contributed by atoms with van der Waals surface area (Å²) in [5.74, 6) is -12.0. The van der Waals surface area contributed by atoms with Gasteiger partial charge < -0.3 is 15.3 Å². The average molecular weight is 663 g/mol. The van der Waals surface area contributed by atoms with Gasteiger partial charge in [-0.05, 0) is 62.1 Å². The Kier molecular flexibility index (Phi) is 6.80. The molecule has 3 aromatic rings. The SMILES string of the molecule is CC12C(=O)N(c3ccc(F)c(Cl)c3)C(=O)C1CC1C(=CCC3C(=O)N(c4ccc(C(=O)O)c(O)c4)C(=O)C31)C2c1cccc(F)c1O. The van der Waals surface area contributed by atoms with E-state index in [1.807, 2.05) is 0 Å². The second-order valence-electron chi connectivity index (χ2n) is 12.5. The fourth-order valence-corrected chi connectivity index (χ4v) is 8.26. The molecule has 2 aliphatic carbocycles. The van der Waals surface area contributed by atoms with Gasteiger partial charge >= 0.3 is 5.97 Å². The van der Waals surface area contributed by atoms with Crippen LogP contribution in [0.1, 0.15) is 41.6 Å².